The van der Waals surface area contributed by atoms with Crippen LogP contribution in [-0.2, 0) is 6.42 Å². The summed E-state index contributed by atoms with van der Waals surface area (Å²) in [4.78, 5) is 2.43. The van der Waals surface area contributed by atoms with Crippen molar-refractivity contribution in [3.05, 3.63) is 35.6 Å². The summed E-state index contributed by atoms with van der Waals surface area (Å²) in [6.07, 6.45) is 4.36. The van der Waals surface area contributed by atoms with Crippen molar-refractivity contribution in [2.75, 3.05) is 26.2 Å². The predicted molar refractivity (Wildman–Crippen MR) is 71.0 cm³/mol. The molecule has 0 spiro atoms. The second kappa shape index (κ2) is 6.86. The van der Waals surface area contributed by atoms with Crippen molar-refractivity contribution in [2.24, 2.45) is 5.92 Å². The smallest absolute Gasteiger partial charge is 0.123 e. The quantitative estimate of drug-likeness (QED) is 0.869. The van der Waals surface area contributed by atoms with Crippen LogP contribution in [-0.4, -0.2) is 36.2 Å². The van der Waals surface area contributed by atoms with Gasteiger partial charge >= 0.3 is 0 Å². The van der Waals surface area contributed by atoms with E-state index >= 15 is 0 Å². The molecule has 0 unspecified atom stereocenters. The Balaban J connectivity index is 1.74. The summed E-state index contributed by atoms with van der Waals surface area (Å²) in [6, 6.07) is 6.89. The Labute approximate surface area is 108 Å². The molecule has 0 aromatic heterocycles. The average Bonchev–Trinajstić information content (AvgIpc) is 2.41. The maximum absolute atomic E-state index is 12.8. The lowest BCUT2D eigenvalue weighted by atomic mass is 9.90. The van der Waals surface area contributed by atoms with Crippen LogP contribution in [0.5, 0.6) is 0 Å². The number of rotatable bonds is 5. The molecule has 0 radical (unpaired) electrons. The van der Waals surface area contributed by atoms with Crippen LogP contribution in [0.4, 0.5) is 4.39 Å². The Hall–Kier alpha value is -0.930. The number of hydrogen-bond acceptors (Lipinski definition) is 2. The molecule has 1 heterocycles. The standard InChI is InChI=1S/C15H22FNO/c16-15-4-2-13(3-5-15)12-14-6-9-17(10-7-14)8-1-11-18/h2-5,14,18H,1,6-12H2. The van der Waals surface area contributed by atoms with Crippen LogP contribution in [0.15, 0.2) is 24.3 Å². The number of likely N-dealkylation sites (tertiary alicyclic amines) is 1. The van der Waals surface area contributed by atoms with Crippen molar-refractivity contribution < 1.29 is 9.50 Å². The van der Waals surface area contributed by atoms with Gasteiger partial charge < -0.3 is 10.0 Å². The molecule has 1 aliphatic rings. The second-order valence-corrected chi connectivity index (χ2v) is 5.19. The number of aliphatic hydroxyl groups excluding tert-OH is 1. The van der Waals surface area contributed by atoms with Gasteiger partial charge in [-0.25, -0.2) is 4.39 Å². The molecular formula is C15H22FNO. The first-order chi connectivity index (χ1) is 8.78. The van der Waals surface area contributed by atoms with Crippen LogP contribution in [0, 0.1) is 11.7 Å². The fraction of sp³-hybridized carbons (Fsp3) is 0.600. The maximum Gasteiger partial charge on any atom is 0.123 e. The summed E-state index contributed by atoms with van der Waals surface area (Å²) in [7, 11) is 0. The Morgan fingerprint density at radius 3 is 2.44 bits per heavy atom. The Kier molecular flexibility index (Phi) is 5.14. The van der Waals surface area contributed by atoms with E-state index in [1.807, 2.05) is 12.1 Å². The lowest BCUT2D eigenvalue weighted by Crippen LogP contribution is -2.35. The molecule has 100 valence electrons. The van der Waals surface area contributed by atoms with Gasteiger partial charge in [0.1, 0.15) is 5.82 Å². The molecule has 1 aliphatic heterocycles. The van der Waals surface area contributed by atoms with E-state index < -0.39 is 0 Å². The molecule has 0 aliphatic carbocycles. The monoisotopic (exact) mass is 251 g/mol. The SMILES string of the molecule is OCCCN1CCC(Cc2ccc(F)cc2)CC1. The molecule has 3 heteroatoms. The van der Waals surface area contributed by atoms with Gasteiger partial charge in [-0.1, -0.05) is 12.1 Å². The van der Waals surface area contributed by atoms with Crippen molar-refractivity contribution in [3.8, 4) is 0 Å². The fourth-order valence-corrected chi connectivity index (χ4v) is 2.66. The van der Waals surface area contributed by atoms with Crippen molar-refractivity contribution in [3.63, 3.8) is 0 Å². The first-order valence-corrected chi connectivity index (χ1v) is 6.85. The third-order valence-corrected chi connectivity index (χ3v) is 3.78. The molecule has 1 N–H and O–H groups in total. The highest BCUT2D eigenvalue weighted by atomic mass is 19.1. The van der Waals surface area contributed by atoms with Gasteiger partial charge in [0.25, 0.3) is 0 Å². The average molecular weight is 251 g/mol. The lowest BCUT2D eigenvalue weighted by molar-refractivity contribution is 0.167. The van der Waals surface area contributed by atoms with Crippen molar-refractivity contribution in [1.29, 1.82) is 0 Å². The van der Waals surface area contributed by atoms with Gasteiger partial charge in [0.2, 0.25) is 0 Å². The molecule has 1 fully saturated rings. The van der Waals surface area contributed by atoms with E-state index in [1.165, 1.54) is 18.4 Å². The van der Waals surface area contributed by atoms with Crippen LogP contribution in [0.2, 0.25) is 0 Å². The number of benzene rings is 1. The zero-order valence-corrected chi connectivity index (χ0v) is 10.8. The van der Waals surface area contributed by atoms with Gasteiger partial charge in [0.15, 0.2) is 0 Å². The summed E-state index contributed by atoms with van der Waals surface area (Å²) in [6.45, 7) is 3.56. The summed E-state index contributed by atoms with van der Waals surface area (Å²) in [5, 5.41) is 8.81. The predicted octanol–water partition coefficient (Wildman–Crippen LogP) is 2.46. The molecule has 1 aromatic rings. The number of piperidine rings is 1. The van der Waals surface area contributed by atoms with E-state index in [2.05, 4.69) is 4.90 Å². The van der Waals surface area contributed by atoms with Gasteiger partial charge in [-0.15, -0.1) is 0 Å². The molecule has 0 saturated carbocycles. The second-order valence-electron chi connectivity index (χ2n) is 5.19. The van der Waals surface area contributed by atoms with Gasteiger partial charge in [0.05, 0.1) is 0 Å². The lowest BCUT2D eigenvalue weighted by Gasteiger charge is -2.31. The van der Waals surface area contributed by atoms with E-state index in [0.29, 0.717) is 0 Å². The van der Waals surface area contributed by atoms with E-state index in [-0.39, 0.29) is 12.4 Å². The topological polar surface area (TPSA) is 23.5 Å². The van der Waals surface area contributed by atoms with Gasteiger partial charge in [-0.05, 0) is 62.4 Å². The molecule has 0 atom stereocenters. The number of nitrogens with zero attached hydrogens (tertiary/aromatic N) is 1. The molecule has 1 aromatic carbocycles. The summed E-state index contributed by atoms with van der Waals surface area (Å²) >= 11 is 0. The Bertz CT molecular complexity index is 344. The Morgan fingerprint density at radius 2 is 1.83 bits per heavy atom. The zero-order valence-electron chi connectivity index (χ0n) is 10.8. The van der Waals surface area contributed by atoms with E-state index in [1.54, 1.807) is 12.1 Å². The minimum atomic E-state index is -0.155. The van der Waals surface area contributed by atoms with Gasteiger partial charge in [-0.2, -0.15) is 0 Å². The number of aliphatic hydroxyl groups is 1. The maximum atomic E-state index is 12.8. The first-order valence-electron chi connectivity index (χ1n) is 6.85. The van der Waals surface area contributed by atoms with Gasteiger partial charge in [0, 0.05) is 13.2 Å². The molecule has 18 heavy (non-hydrogen) atoms. The third-order valence-electron chi connectivity index (χ3n) is 3.78. The Morgan fingerprint density at radius 1 is 1.17 bits per heavy atom. The van der Waals surface area contributed by atoms with E-state index in [0.717, 1.165) is 38.4 Å². The van der Waals surface area contributed by atoms with Crippen molar-refractivity contribution in [1.82, 2.24) is 4.90 Å². The van der Waals surface area contributed by atoms with Crippen LogP contribution in [0.25, 0.3) is 0 Å². The molecule has 2 nitrogen and oxygen atoms in total. The third kappa shape index (κ3) is 4.07. The van der Waals surface area contributed by atoms with Crippen LogP contribution in [0.3, 0.4) is 0 Å². The molecule has 0 bridgehead atoms. The summed E-state index contributed by atoms with van der Waals surface area (Å²) < 4.78 is 12.8. The number of halogens is 1. The summed E-state index contributed by atoms with van der Waals surface area (Å²) in [5.41, 5.74) is 1.24. The minimum absolute atomic E-state index is 0.155. The highest BCUT2D eigenvalue weighted by molar-refractivity contribution is 5.16. The minimum Gasteiger partial charge on any atom is -0.396 e. The van der Waals surface area contributed by atoms with E-state index in [9.17, 15) is 4.39 Å². The molecule has 1 saturated heterocycles. The largest absolute Gasteiger partial charge is 0.396 e. The first kappa shape index (κ1) is 13.5. The zero-order chi connectivity index (χ0) is 12.8. The van der Waals surface area contributed by atoms with Crippen molar-refractivity contribution >= 4 is 0 Å². The molecule has 2 rings (SSSR count). The van der Waals surface area contributed by atoms with Crippen LogP contribution < -0.4 is 0 Å². The highest BCUT2D eigenvalue weighted by Gasteiger charge is 2.18. The molecular weight excluding hydrogens is 229 g/mol. The van der Waals surface area contributed by atoms with Crippen molar-refractivity contribution in [2.45, 2.75) is 25.7 Å². The molecule has 0 amide bonds. The highest BCUT2D eigenvalue weighted by Crippen LogP contribution is 2.21. The van der Waals surface area contributed by atoms with Gasteiger partial charge in [-0.3, -0.25) is 0 Å². The summed E-state index contributed by atoms with van der Waals surface area (Å²) in [5.74, 6) is 0.568. The fourth-order valence-electron chi connectivity index (χ4n) is 2.66. The van der Waals surface area contributed by atoms with Crippen LogP contribution >= 0.6 is 0 Å². The van der Waals surface area contributed by atoms with Crippen LogP contribution in [0.1, 0.15) is 24.8 Å². The number of hydrogen-bond donors (Lipinski definition) is 1. The normalized spacial score (nSPS) is 18.1. The van der Waals surface area contributed by atoms with E-state index in [4.69, 9.17) is 5.11 Å².